The molecule has 1 spiro atoms. The van der Waals surface area contributed by atoms with E-state index in [1.807, 2.05) is 54.6 Å². The van der Waals surface area contributed by atoms with Gasteiger partial charge in [0.2, 0.25) is 5.91 Å². The van der Waals surface area contributed by atoms with Crippen LogP contribution in [0.5, 0.6) is 0 Å². The number of nitrogens with one attached hydrogen (secondary N) is 2. The highest BCUT2D eigenvalue weighted by Gasteiger charge is 2.50. The first-order valence-electron chi connectivity index (χ1n) is 18.7. The summed E-state index contributed by atoms with van der Waals surface area (Å²) in [4.78, 5) is 34.5. The van der Waals surface area contributed by atoms with Crippen LogP contribution in [0, 0.1) is 0 Å². The number of hydrogen-bond acceptors (Lipinski definition) is 8. The number of ether oxygens (including phenoxy) is 2. The molecule has 3 fully saturated rings. The van der Waals surface area contributed by atoms with Crippen LogP contribution in [0.25, 0.3) is 11.1 Å². The lowest BCUT2D eigenvalue weighted by Crippen LogP contribution is -2.57. The molecule has 276 valence electrons. The summed E-state index contributed by atoms with van der Waals surface area (Å²) in [5.74, 6) is -0.0473. The third kappa shape index (κ3) is 7.65. The summed E-state index contributed by atoms with van der Waals surface area (Å²) in [6.07, 6.45) is 4.53. The van der Waals surface area contributed by atoms with E-state index in [1.54, 1.807) is 24.5 Å². The minimum atomic E-state index is -0.570. The Morgan fingerprint density at radius 2 is 1.63 bits per heavy atom. The molecule has 1 aromatic heterocycles. The summed E-state index contributed by atoms with van der Waals surface area (Å²) in [6.45, 7) is 3.24. The molecule has 0 bridgehead atoms. The second-order valence-electron chi connectivity index (χ2n) is 14.4. The first-order chi connectivity index (χ1) is 26.5. The second-order valence-corrected chi connectivity index (χ2v) is 14.4. The molecule has 0 radical (unpaired) electrons. The van der Waals surface area contributed by atoms with Crippen molar-refractivity contribution in [3.63, 3.8) is 0 Å². The summed E-state index contributed by atoms with van der Waals surface area (Å²) < 4.78 is 13.4. The van der Waals surface area contributed by atoms with Gasteiger partial charge in [0.1, 0.15) is 5.54 Å². The molecular formula is C44H45N5O5. The van der Waals surface area contributed by atoms with E-state index < -0.39 is 11.8 Å². The predicted molar refractivity (Wildman–Crippen MR) is 206 cm³/mol. The quantitative estimate of drug-likeness (QED) is 0.157. The van der Waals surface area contributed by atoms with Crippen molar-refractivity contribution in [3.8, 4) is 11.1 Å². The van der Waals surface area contributed by atoms with E-state index in [9.17, 15) is 14.7 Å². The molecule has 3 N–H and O–H groups in total. The lowest BCUT2D eigenvalue weighted by molar-refractivity contribution is -0.253. The van der Waals surface area contributed by atoms with Crippen molar-refractivity contribution in [2.75, 3.05) is 31.2 Å². The molecule has 54 heavy (non-hydrogen) atoms. The fraction of sp³-hybridized carbons (Fsp3) is 0.295. The summed E-state index contributed by atoms with van der Waals surface area (Å²) >= 11 is 0. The highest BCUT2D eigenvalue weighted by molar-refractivity contribution is 5.94. The lowest BCUT2D eigenvalue weighted by Gasteiger charge is -2.45. The Morgan fingerprint density at radius 3 is 2.37 bits per heavy atom. The highest BCUT2D eigenvalue weighted by Crippen LogP contribution is 2.40. The fourth-order valence-corrected chi connectivity index (χ4v) is 7.93. The van der Waals surface area contributed by atoms with Gasteiger partial charge in [0, 0.05) is 56.2 Å². The Kier molecular flexibility index (Phi) is 10.5. The zero-order chi connectivity index (χ0) is 36.9. The number of hydrogen-bond donors (Lipinski definition) is 3. The Bertz CT molecular complexity index is 2040. The Balaban J connectivity index is 0.955. The summed E-state index contributed by atoms with van der Waals surface area (Å²) in [5, 5.41) is 15.7. The Labute approximate surface area is 315 Å². The molecule has 3 aliphatic rings. The van der Waals surface area contributed by atoms with Crippen LogP contribution < -0.4 is 15.5 Å². The molecule has 3 atom stereocenters. The van der Waals surface area contributed by atoms with Crippen molar-refractivity contribution < 1.29 is 24.2 Å². The average Bonchev–Trinajstić information content (AvgIpc) is 3.55. The van der Waals surface area contributed by atoms with Crippen molar-refractivity contribution in [2.24, 2.45) is 0 Å². The normalized spacial score (nSPS) is 21.2. The smallest absolute Gasteiger partial charge is 0.253 e. The molecule has 8 rings (SSSR count). The molecule has 3 saturated heterocycles. The Hall–Kier alpha value is -5.39. The van der Waals surface area contributed by atoms with Gasteiger partial charge in [0.15, 0.2) is 6.29 Å². The number of para-hydroxylation sites is 1. The molecule has 10 heteroatoms. The largest absolute Gasteiger partial charge is 0.392 e. The fourth-order valence-electron chi connectivity index (χ4n) is 7.93. The first-order valence-corrected chi connectivity index (χ1v) is 18.7. The summed E-state index contributed by atoms with van der Waals surface area (Å²) in [7, 11) is 0. The van der Waals surface area contributed by atoms with Crippen LogP contribution in [-0.4, -0.2) is 64.8 Å². The number of amides is 2. The molecule has 4 aromatic carbocycles. The maximum atomic E-state index is 13.3. The molecular weight excluding hydrogens is 679 g/mol. The van der Waals surface area contributed by atoms with Crippen LogP contribution >= 0.6 is 0 Å². The third-order valence-corrected chi connectivity index (χ3v) is 11.0. The van der Waals surface area contributed by atoms with E-state index >= 15 is 0 Å². The topological polar surface area (TPSA) is 116 Å². The number of rotatable bonds is 10. The SMILES string of the molecule is O=C(NCc1cccc(-c2ccc(C3OC(CN4CCC5(CC4)C(=O)NCN5c4ccccc4)CC(c4ccc(CO)cc4)O3)cc2)c1)c1cccnc1. The number of aliphatic hydroxyl groups excluding tert-OH is 1. The summed E-state index contributed by atoms with van der Waals surface area (Å²) in [6, 6.07) is 38.1. The minimum Gasteiger partial charge on any atom is -0.392 e. The van der Waals surface area contributed by atoms with Crippen molar-refractivity contribution in [1.82, 2.24) is 20.5 Å². The maximum Gasteiger partial charge on any atom is 0.253 e. The number of carbonyl (C=O) groups excluding carboxylic acids is 2. The van der Waals surface area contributed by atoms with Gasteiger partial charge >= 0.3 is 0 Å². The van der Waals surface area contributed by atoms with Crippen LogP contribution in [0.4, 0.5) is 5.69 Å². The van der Waals surface area contributed by atoms with E-state index in [2.05, 4.69) is 73.9 Å². The van der Waals surface area contributed by atoms with Crippen molar-refractivity contribution in [1.29, 1.82) is 0 Å². The van der Waals surface area contributed by atoms with Gasteiger partial charge in [-0.1, -0.05) is 84.9 Å². The van der Waals surface area contributed by atoms with Gasteiger partial charge in [-0.15, -0.1) is 0 Å². The van der Waals surface area contributed by atoms with Crippen LogP contribution in [-0.2, 0) is 27.4 Å². The number of benzene rings is 4. The average molecular weight is 724 g/mol. The van der Waals surface area contributed by atoms with Gasteiger partial charge in [0.05, 0.1) is 31.0 Å². The molecule has 2 amide bonds. The number of aliphatic hydroxyl groups is 1. The maximum absolute atomic E-state index is 13.3. The van der Waals surface area contributed by atoms with E-state index in [1.165, 1.54) is 0 Å². The van der Waals surface area contributed by atoms with Crippen LogP contribution in [0.2, 0.25) is 0 Å². The zero-order valence-electron chi connectivity index (χ0n) is 30.1. The number of aromatic nitrogens is 1. The number of anilines is 1. The van der Waals surface area contributed by atoms with Crippen LogP contribution in [0.3, 0.4) is 0 Å². The molecule has 0 aliphatic carbocycles. The Morgan fingerprint density at radius 1 is 0.852 bits per heavy atom. The molecule has 3 unspecified atom stereocenters. The van der Waals surface area contributed by atoms with Crippen molar-refractivity contribution >= 4 is 17.5 Å². The van der Waals surface area contributed by atoms with E-state index in [0.29, 0.717) is 25.2 Å². The summed E-state index contributed by atoms with van der Waals surface area (Å²) in [5.41, 5.74) is 6.98. The standard InChI is InChI=1S/C44H45N5O5/c50-29-31-11-13-34(14-12-31)40-25-39(28-48-22-19-44(20-23-48)43(52)47-30-49(44)38-9-2-1-3-10-38)53-42(54-40)35-17-15-33(16-18-35)36-7-4-6-32(24-36)26-46-41(51)37-8-5-21-45-27-37/h1-18,21,24,27,39-40,42,50H,19-20,22-23,25-26,28-30H2,(H,46,51)(H,47,52). The van der Waals surface area contributed by atoms with E-state index in [4.69, 9.17) is 9.47 Å². The minimum absolute atomic E-state index is 0.00830. The van der Waals surface area contributed by atoms with Gasteiger partial charge in [-0.05, 0) is 71.0 Å². The van der Waals surface area contributed by atoms with Gasteiger partial charge < -0.3 is 35.0 Å². The number of piperidine rings is 1. The van der Waals surface area contributed by atoms with Crippen molar-refractivity contribution in [3.05, 3.63) is 155 Å². The highest BCUT2D eigenvalue weighted by atomic mass is 16.7. The number of pyridine rings is 1. The zero-order valence-corrected chi connectivity index (χ0v) is 30.1. The lowest BCUT2D eigenvalue weighted by atomic mass is 9.85. The second kappa shape index (κ2) is 15.9. The molecule has 5 aromatic rings. The third-order valence-electron chi connectivity index (χ3n) is 11.0. The molecule has 10 nitrogen and oxygen atoms in total. The van der Waals surface area contributed by atoms with Gasteiger partial charge in [0.25, 0.3) is 5.91 Å². The number of nitrogens with zero attached hydrogens (tertiary/aromatic N) is 3. The van der Waals surface area contributed by atoms with E-state index in [0.717, 1.165) is 71.5 Å². The van der Waals surface area contributed by atoms with Crippen molar-refractivity contribution in [2.45, 2.75) is 56.5 Å². The predicted octanol–water partition coefficient (Wildman–Crippen LogP) is 6.14. The molecule has 3 aliphatic heterocycles. The van der Waals surface area contributed by atoms with Gasteiger partial charge in [-0.2, -0.15) is 0 Å². The van der Waals surface area contributed by atoms with Gasteiger partial charge in [-0.3, -0.25) is 14.6 Å². The molecule has 0 saturated carbocycles. The van der Waals surface area contributed by atoms with Gasteiger partial charge in [-0.25, -0.2) is 0 Å². The monoisotopic (exact) mass is 723 g/mol. The van der Waals surface area contributed by atoms with Crippen LogP contribution in [0.1, 0.15) is 64.3 Å². The van der Waals surface area contributed by atoms with E-state index in [-0.39, 0.29) is 30.6 Å². The number of likely N-dealkylation sites (tertiary alicyclic amines) is 1. The van der Waals surface area contributed by atoms with Crippen LogP contribution in [0.15, 0.2) is 128 Å². The first kappa shape index (κ1) is 35.6. The number of carbonyl (C=O) groups is 2. The molecule has 4 heterocycles.